The molecule has 1 aromatic heterocycles. The molecule has 3 aromatic rings. The Morgan fingerprint density at radius 1 is 1.04 bits per heavy atom. The number of sulfonamides is 1. The summed E-state index contributed by atoms with van der Waals surface area (Å²) < 4.78 is 40.7. The van der Waals surface area contributed by atoms with Gasteiger partial charge in [0.05, 0.1) is 16.8 Å². The van der Waals surface area contributed by atoms with Crippen molar-refractivity contribution in [2.24, 2.45) is 0 Å². The molecule has 7 heteroatoms. The van der Waals surface area contributed by atoms with Gasteiger partial charge in [-0.3, -0.25) is 4.72 Å². The number of hydrogen-bond acceptors (Lipinski definition) is 4. The second-order valence-corrected chi connectivity index (χ2v) is 7.87. The highest BCUT2D eigenvalue weighted by molar-refractivity contribution is 7.92. The smallest absolute Gasteiger partial charge is 0.262 e. The number of halogens is 1. The van der Waals surface area contributed by atoms with Crippen molar-refractivity contribution in [2.45, 2.75) is 24.8 Å². The van der Waals surface area contributed by atoms with Gasteiger partial charge in [0, 0.05) is 6.04 Å². The van der Waals surface area contributed by atoms with E-state index in [2.05, 4.69) is 15.0 Å². The summed E-state index contributed by atoms with van der Waals surface area (Å²) in [6, 6.07) is 16.9. The first-order chi connectivity index (χ1) is 12.8. The molecule has 1 atom stereocenters. The highest BCUT2D eigenvalue weighted by Gasteiger charge is 2.17. The Bertz CT molecular complexity index is 1020. The van der Waals surface area contributed by atoms with Crippen LogP contribution in [-0.2, 0) is 10.0 Å². The standard InChI is InChI=1S/C20H20FN3O2S/c1-14-12-17(21)8-10-19(14)27(25,26)24-18-9-11-20(22-13-18)23-15(2)16-6-4-3-5-7-16/h3-13,15,24H,1-2H3,(H,22,23). The molecule has 1 heterocycles. The second-order valence-electron chi connectivity index (χ2n) is 6.22. The highest BCUT2D eigenvalue weighted by atomic mass is 32.2. The zero-order chi connectivity index (χ0) is 19.4. The monoisotopic (exact) mass is 385 g/mol. The van der Waals surface area contributed by atoms with Crippen LogP contribution in [-0.4, -0.2) is 13.4 Å². The quantitative estimate of drug-likeness (QED) is 0.655. The molecule has 0 aliphatic rings. The Balaban J connectivity index is 1.72. The lowest BCUT2D eigenvalue weighted by molar-refractivity contribution is 0.598. The van der Waals surface area contributed by atoms with E-state index in [-0.39, 0.29) is 10.9 Å². The van der Waals surface area contributed by atoms with Crippen molar-refractivity contribution in [3.05, 3.63) is 83.8 Å². The number of rotatable bonds is 6. The van der Waals surface area contributed by atoms with E-state index in [1.54, 1.807) is 19.1 Å². The summed E-state index contributed by atoms with van der Waals surface area (Å²) in [5, 5.41) is 3.27. The summed E-state index contributed by atoms with van der Waals surface area (Å²) in [5.74, 6) is 0.156. The first-order valence-electron chi connectivity index (χ1n) is 8.42. The van der Waals surface area contributed by atoms with Gasteiger partial charge in [-0.25, -0.2) is 17.8 Å². The molecule has 0 fully saturated rings. The zero-order valence-electron chi connectivity index (χ0n) is 15.0. The van der Waals surface area contributed by atoms with Crippen LogP contribution in [0.4, 0.5) is 15.9 Å². The maximum absolute atomic E-state index is 13.2. The van der Waals surface area contributed by atoms with Gasteiger partial charge in [-0.15, -0.1) is 0 Å². The van der Waals surface area contributed by atoms with Gasteiger partial charge in [0.1, 0.15) is 11.6 Å². The van der Waals surface area contributed by atoms with Gasteiger partial charge in [0.15, 0.2) is 0 Å². The van der Waals surface area contributed by atoms with Crippen LogP contribution in [0.1, 0.15) is 24.1 Å². The van der Waals surface area contributed by atoms with E-state index in [4.69, 9.17) is 0 Å². The summed E-state index contributed by atoms with van der Waals surface area (Å²) in [6.07, 6.45) is 1.44. The topological polar surface area (TPSA) is 71.1 Å². The molecule has 3 rings (SSSR count). The molecule has 0 amide bonds. The van der Waals surface area contributed by atoms with E-state index in [9.17, 15) is 12.8 Å². The molecule has 0 radical (unpaired) electrons. The molecule has 0 aliphatic carbocycles. The molecule has 0 bridgehead atoms. The van der Waals surface area contributed by atoms with Gasteiger partial charge < -0.3 is 5.32 Å². The fourth-order valence-electron chi connectivity index (χ4n) is 2.71. The normalized spacial score (nSPS) is 12.4. The van der Waals surface area contributed by atoms with Crippen molar-refractivity contribution in [1.29, 1.82) is 0 Å². The van der Waals surface area contributed by atoms with Gasteiger partial charge in [-0.1, -0.05) is 30.3 Å². The lowest BCUT2D eigenvalue weighted by Gasteiger charge is -2.15. The molecule has 140 valence electrons. The minimum Gasteiger partial charge on any atom is -0.364 e. The minimum absolute atomic E-state index is 0.0313. The second kappa shape index (κ2) is 7.75. The summed E-state index contributed by atoms with van der Waals surface area (Å²) in [7, 11) is -3.82. The third kappa shape index (κ3) is 4.62. The molecule has 0 saturated heterocycles. The van der Waals surface area contributed by atoms with Crippen LogP contribution in [0.25, 0.3) is 0 Å². The Hall–Kier alpha value is -2.93. The summed E-state index contributed by atoms with van der Waals surface area (Å²) in [4.78, 5) is 4.29. The fourth-order valence-corrected chi connectivity index (χ4v) is 3.98. The van der Waals surface area contributed by atoms with E-state index < -0.39 is 15.8 Å². The molecule has 0 aliphatic heterocycles. The minimum atomic E-state index is -3.82. The number of aromatic nitrogens is 1. The van der Waals surface area contributed by atoms with Crippen LogP contribution in [0, 0.1) is 12.7 Å². The van der Waals surface area contributed by atoms with Crippen LogP contribution in [0.3, 0.4) is 0 Å². The number of pyridine rings is 1. The van der Waals surface area contributed by atoms with Crippen molar-refractivity contribution in [3.8, 4) is 0 Å². The number of anilines is 2. The molecule has 5 nitrogen and oxygen atoms in total. The maximum Gasteiger partial charge on any atom is 0.262 e. The van der Waals surface area contributed by atoms with E-state index >= 15 is 0 Å². The molecular weight excluding hydrogens is 365 g/mol. The predicted molar refractivity (Wildman–Crippen MR) is 105 cm³/mol. The average Bonchev–Trinajstić information content (AvgIpc) is 2.63. The number of aryl methyl sites for hydroxylation is 1. The molecule has 1 unspecified atom stereocenters. The van der Waals surface area contributed by atoms with Gasteiger partial charge in [-0.05, 0) is 55.3 Å². The van der Waals surface area contributed by atoms with Crippen LogP contribution in [0.5, 0.6) is 0 Å². The molecular formula is C20H20FN3O2S. The third-order valence-electron chi connectivity index (χ3n) is 4.11. The first-order valence-corrected chi connectivity index (χ1v) is 9.90. The van der Waals surface area contributed by atoms with Crippen molar-refractivity contribution in [3.63, 3.8) is 0 Å². The Labute approximate surface area is 158 Å². The Morgan fingerprint density at radius 3 is 2.41 bits per heavy atom. The Morgan fingerprint density at radius 2 is 1.78 bits per heavy atom. The van der Waals surface area contributed by atoms with Gasteiger partial charge in [0.2, 0.25) is 0 Å². The number of hydrogen-bond donors (Lipinski definition) is 2. The van der Waals surface area contributed by atoms with Crippen molar-refractivity contribution in [1.82, 2.24) is 4.98 Å². The fraction of sp³-hybridized carbons (Fsp3) is 0.150. The van der Waals surface area contributed by atoms with Gasteiger partial charge >= 0.3 is 0 Å². The largest absolute Gasteiger partial charge is 0.364 e. The first kappa shape index (κ1) is 18.8. The van der Waals surface area contributed by atoms with Crippen molar-refractivity contribution < 1.29 is 12.8 Å². The van der Waals surface area contributed by atoms with Crippen LogP contribution >= 0.6 is 0 Å². The molecule has 2 aromatic carbocycles. The van der Waals surface area contributed by atoms with E-state index in [0.717, 1.165) is 11.6 Å². The van der Waals surface area contributed by atoms with E-state index in [1.807, 2.05) is 37.3 Å². The number of nitrogens with zero attached hydrogens (tertiary/aromatic N) is 1. The van der Waals surface area contributed by atoms with Gasteiger partial charge in [-0.2, -0.15) is 0 Å². The summed E-state index contributed by atoms with van der Waals surface area (Å²) in [6.45, 7) is 3.57. The SMILES string of the molecule is Cc1cc(F)ccc1S(=O)(=O)Nc1ccc(NC(C)c2ccccc2)nc1. The van der Waals surface area contributed by atoms with E-state index in [1.165, 1.54) is 18.3 Å². The lowest BCUT2D eigenvalue weighted by atomic mass is 10.1. The van der Waals surface area contributed by atoms with Gasteiger partial charge in [0.25, 0.3) is 10.0 Å². The number of benzene rings is 2. The number of nitrogens with one attached hydrogen (secondary N) is 2. The predicted octanol–water partition coefficient (Wildman–Crippen LogP) is 4.50. The molecule has 0 saturated carbocycles. The van der Waals surface area contributed by atoms with Crippen molar-refractivity contribution >= 4 is 21.5 Å². The summed E-state index contributed by atoms with van der Waals surface area (Å²) >= 11 is 0. The molecule has 27 heavy (non-hydrogen) atoms. The maximum atomic E-state index is 13.2. The van der Waals surface area contributed by atoms with Crippen LogP contribution in [0.15, 0.2) is 71.8 Å². The Kier molecular flexibility index (Phi) is 5.41. The van der Waals surface area contributed by atoms with Crippen LogP contribution < -0.4 is 10.0 Å². The summed E-state index contributed by atoms with van der Waals surface area (Å²) in [5.41, 5.74) is 1.79. The average molecular weight is 385 g/mol. The zero-order valence-corrected chi connectivity index (χ0v) is 15.8. The third-order valence-corrected chi connectivity index (χ3v) is 5.65. The molecule has 0 spiro atoms. The lowest BCUT2D eigenvalue weighted by Crippen LogP contribution is -2.15. The van der Waals surface area contributed by atoms with Crippen LogP contribution in [0.2, 0.25) is 0 Å². The van der Waals surface area contributed by atoms with E-state index in [0.29, 0.717) is 17.1 Å². The van der Waals surface area contributed by atoms with Crippen molar-refractivity contribution in [2.75, 3.05) is 10.0 Å². The highest BCUT2D eigenvalue weighted by Crippen LogP contribution is 2.22. The molecule has 2 N–H and O–H groups in total.